The van der Waals surface area contributed by atoms with E-state index in [-0.39, 0.29) is 0 Å². The molecule has 0 saturated carbocycles. The van der Waals surface area contributed by atoms with Gasteiger partial charge in [0.1, 0.15) is 17.0 Å². The Morgan fingerprint density at radius 2 is 2.26 bits per heavy atom. The third-order valence-corrected chi connectivity index (χ3v) is 3.21. The molecule has 3 heterocycles. The normalized spacial score (nSPS) is 11.1. The molecule has 3 aromatic rings. The van der Waals surface area contributed by atoms with Crippen molar-refractivity contribution in [3.63, 3.8) is 0 Å². The van der Waals surface area contributed by atoms with E-state index < -0.39 is 0 Å². The van der Waals surface area contributed by atoms with Crippen LogP contribution in [0.15, 0.2) is 35.1 Å². The summed E-state index contributed by atoms with van der Waals surface area (Å²) in [4.78, 5) is 4.37. The van der Waals surface area contributed by atoms with Crippen LogP contribution < -0.4 is 5.32 Å². The number of rotatable bonds is 4. The fourth-order valence-electron chi connectivity index (χ4n) is 2.18. The summed E-state index contributed by atoms with van der Waals surface area (Å²) in [5.74, 6) is 0.825. The number of hydrogen-bond acceptors (Lipinski definition) is 4. The summed E-state index contributed by atoms with van der Waals surface area (Å²) in [5, 5.41) is 7.43. The number of hydrogen-bond donors (Lipinski definition) is 1. The first kappa shape index (κ1) is 11.8. The lowest BCUT2D eigenvalue weighted by atomic mass is 10.2. The van der Waals surface area contributed by atoms with E-state index in [1.165, 1.54) is 0 Å². The van der Waals surface area contributed by atoms with E-state index in [9.17, 15) is 0 Å². The van der Waals surface area contributed by atoms with Crippen LogP contribution >= 0.6 is 0 Å². The van der Waals surface area contributed by atoms with Crippen molar-refractivity contribution in [2.75, 3.05) is 5.32 Å². The molecule has 0 aromatic carbocycles. The zero-order valence-corrected chi connectivity index (χ0v) is 11.1. The third-order valence-electron chi connectivity index (χ3n) is 3.21. The lowest BCUT2D eigenvalue weighted by molar-refractivity contribution is 0.391. The van der Waals surface area contributed by atoms with Crippen LogP contribution in [0.5, 0.6) is 0 Å². The summed E-state index contributed by atoms with van der Waals surface area (Å²) in [6, 6.07) is 5.98. The maximum Gasteiger partial charge on any atom is 0.157 e. The van der Waals surface area contributed by atoms with Gasteiger partial charge in [0.2, 0.25) is 0 Å². The van der Waals surface area contributed by atoms with Crippen LogP contribution in [0.4, 0.5) is 5.69 Å². The van der Waals surface area contributed by atoms with Gasteiger partial charge in [0, 0.05) is 6.20 Å². The topological polar surface area (TPSA) is 55.4 Å². The predicted octanol–water partition coefficient (Wildman–Crippen LogP) is 2.81. The minimum Gasteiger partial charge on any atom is -0.375 e. The molecule has 5 heteroatoms. The summed E-state index contributed by atoms with van der Waals surface area (Å²) in [7, 11) is 0. The number of imidazole rings is 1. The first-order chi connectivity index (χ1) is 9.29. The van der Waals surface area contributed by atoms with Gasteiger partial charge in [0.25, 0.3) is 0 Å². The molecule has 19 heavy (non-hydrogen) atoms. The molecule has 98 valence electrons. The van der Waals surface area contributed by atoms with Crippen molar-refractivity contribution in [3.05, 3.63) is 47.7 Å². The average molecular weight is 256 g/mol. The fraction of sp³-hybridized carbons (Fsp3) is 0.286. The molecule has 3 rings (SSSR count). The van der Waals surface area contributed by atoms with Crippen LogP contribution in [0.2, 0.25) is 0 Å². The van der Waals surface area contributed by atoms with Gasteiger partial charge in [0.15, 0.2) is 5.76 Å². The molecule has 0 aliphatic carbocycles. The van der Waals surface area contributed by atoms with Crippen molar-refractivity contribution < 1.29 is 4.52 Å². The first-order valence-corrected chi connectivity index (χ1v) is 6.39. The summed E-state index contributed by atoms with van der Waals surface area (Å²) in [6.45, 7) is 4.68. The third kappa shape index (κ3) is 2.07. The Hall–Kier alpha value is -2.30. The van der Waals surface area contributed by atoms with Crippen LogP contribution in [0, 0.1) is 6.92 Å². The summed E-state index contributed by atoms with van der Waals surface area (Å²) in [5.41, 5.74) is 4.02. The van der Waals surface area contributed by atoms with Gasteiger partial charge in [-0.05, 0) is 25.5 Å². The van der Waals surface area contributed by atoms with Crippen LogP contribution in [0.25, 0.3) is 5.65 Å². The van der Waals surface area contributed by atoms with Gasteiger partial charge in [-0.2, -0.15) is 0 Å². The van der Waals surface area contributed by atoms with Gasteiger partial charge in [-0.1, -0.05) is 18.1 Å². The quantitative estimate of drug-likeness (QED) is 0.780. The summed E-state index contributed by atoms with van der Waals surface area (Å²) >= 11 is 0. The number of aryl methyl sites for hydroxylation is 2. The molecule has 5 nitrogen and oxygen atoms in total. The molecule has 3 aromatic heterocycles. The van der Waals surface area contributed by atoms with Crippen molar-refractivity contribution in [1.29, 1.82) is 0 Å². The van der Waals surface area contributed by atoms with Crippen LogP contribution in [0.1, 0.15) is 24.1 Å². The van der Waals surface area contributed by atoms with Crippen molar-refractivity contribution in [2.24, 2.45) is 0 Å². The lowest BCUT2D eigenvalue weighted by Gasteiger charge is -2.06. The average Bonchev–Trinajstić information content (AvgIpc) is 3.00. The van der Waals surface area contributed by atoms with E-state index in [0.29, 0.717) is 6.54 Å². The number of pyridine rings is 1. The molecule has 0 bridgehead atoms. The van der Waals surface area contributed by atoms with E-state index in [0.717, 1.165) is 34.9 Å². The maximum atomic E-state index is 5.21. The van der Waals surface area contributed by atoms with E-state index in [1.54, 1.807) is 0 Å². The van der Waals surface area contributed by atoms with E-state index in [4.69, 9.17) is 4.52 Å². The van der Waals surface area contributed by atoms with Crippen molar-refractivity contribution in [2.45, 2.75) is 26.8 Å². The van der Waals surface area contributed by atoms with Crippen molar-refractivity contribution in [1.82, 2.24) is 14.5 Å². The number of aromatic nitrogens is 3. The Bertz CT molecular complexity index is 698. The van der Waals surface area contributed by atoms with Crippen molar-refractivity contribution in [3.8, 4) is 0 Å². The van der Waals surface area contributed by atoms with Crippen LogP contribution in [-0.4, -0.2) is 14.5 Å². The zero-order valence-electron chi connectivity index (χ0n) is 11.1. The molecule has 0 unspecified atom stereocenters. The molecule has 0 amide bonds. The van der Waals surface area contributed by atoms with Crippen molar-refractivity contribution >= 4 is 11.3 Å². The molecule has 0 radical (unpaired) electrons. The molecule has 0 atom stereocenters. The summed E-state index contributed by atoms with van der Waals surface area (Å²) < 4.78 is 7.28. The van der Waals surface area contributed by atoms with Crippen LogP contribution in [0.3, 0.4) is 0 Å². The Labute approximate surface area is 111 Å². The fourth-order valence-corrected chi connectivity index (χ4v) is 2.18. The van der Waals surface area contributed by atoms with E-state index in [2.05, 4.69) is 26.8 Å². The number of fused-ring (bicyclic) bond motifs is 1. The van der Waals surface area contributed by atoms with E-state index >= 15 is 0 Å². The lowest BCUT2D eigenvalue weighted by Crippen LogP contribution is -2.04. The minimum atomic E-state index is 0.695. The highest BCUT2D eigenvalue weighted by Crippen LogP contribution is 2.21. The molecule has 0 aliphatic heterocycles. The second kappa shape index (κ2) is 4.76. The maximum absolute atomic E-state index is 5.21. The number of nitrogens with one attached hydrogen (secondary N) is 1. The largest absolute Gasteiger partial charge is 0.375 e. The minimum absolute atomic E-state index is 0.695. The molecule has 0 saturated heterocycles. The summed E-state index contributed by atoms with van der Waals surface area (Å²) in [6.07, 6.45) is 4.75. The smallest absolute Gasteiger partial charge is 0.157 e. The molecule has 1 N–H and O–H groups in total. The Balaban J connectivity index is 1.84. The highest BCUT2D eigenvalue weighted by Gasteiger charge is 2.11. The Morgan fingerprint density at radius 1 is 1.37 bits per heavy atom. The van der Waals surface area contributed by atoms with Gasteiger partial charge in [-0.15, -0.1) is 0 Å². The molecule has 0 fully saturated rings. The highest BCUT2D eigenvalue weighted by atomic mass is 16.5. The van der Waals surface area contributed by atoms with Gasteiger partial charge >= 0.3 is 0 Å². The van der Waals surface area contributed by atoms with Crippen LogP contribution in [-0.2, 0) is 13.0 Å². The standard InChI is InChI=1S/C14H16N4O/c1-3-12-14(10(2)19-17-12)16-9-11-8-15-13-6-4-5-7-18(11)13/h4-8,16H,3,9H2,1-2H3. The predicted molar refractivity (Wildman–Crippen MR) is 73.1 cm³/mol. The van der Waals surface area contributed by atoms with Gasteiger partial charge < -0.3 is 14.2 Å². The Morgan fingerprint density at radius 3 is 3.11 bits per heavy atom. The molecular weight excluding hydrogens is 240 g/mol. The number of anilines is 1. The number of nitrogens with zero attached hydrogens (tertiary/aromatic N) is 3. The second-order valence-corrected chi connectivity index (χ2v) is 4.45. The van der Waals surface area contributed by atoms with Gasteiger partial charge in [-0.3, -0.25) is 0 Å². The zero-order chi connectivity index (χ0) is 13.2. The molecule has 0 spiro atoms. The van der Waals surface area contributed by atoms with Gasteiger partial charge in [0.05, 0.1) is 18.4 Å². The highest BCUT2D eigenvalue weighted by molar-refractivity contribution is 5.51. The Kier molecular flexibility index (Phi) is 2.95. The van der Waals surface area contributed by atoms with E-state index in [1.807, 2.05) is 37.5 Å². The SMILES string of the molecule is CCc1noc(C)c1NCc1cnc2ccccn12. The monoisotopic (exact) mass is 256 g/mol. The van der Waals surface area contributed by atoms with Gasteiger partial charge in [-0.25, -0.2) is 4.98 Å². The molecular formula is C14H16N4O. The first-order valence-electron chi connectivity index (χ1n) is 6.39. The second-order valence-electron chi connectivity index (χ2n) is 4.45. The molecule has 0 aliphatic rings.